The van der Waals surface area contributed by atoms with Crippen LogP contribution in [-0.2, 0) is 6.42 Å². The number of rotatable bonds is 4. The Morgan fingerprint density at radius 2 is 2.10 bits per heavy atom. The molecule has 1 aromatic carbocycles. The fourth-order valence-electron chi connectivity index (χ4n) is 2.60. The molecule has 0 amide bonds. The van der Waals surface area contributed by atoms with E-state index in [9.17, 15) is 0 Å². The second-order valence-electron chi connectivity index (χ2n) is 5.34. The molecule has 2 N–H and O–H groups in total. The van der Waals surface area contributed by atoms with Crippen LogP contribution in [0, 0.1) is 0 Å². The van der Waals surface area contributed by atoms with E-state index in [4.69, 9.17) is 5.73 Å². The van der Waals surface area contributed by atoms with Gasteiger partial charge in [0.1, 0.15) is 0 Å². The van der Waals surface area contributed by atoms with Gasteiger partial charge in [-0.1, -0.05) is 6.07 Å². The molecule has 2 aromatic heterocycles. The molecule has 1 atom stereocenters. The minimum absolute atomic E-state index is 0.420. The Bertz CT molecular complexity index is 737. The van der Waals surface area contributed by atoms with Crippen LogP contribution >= 0.6 is 11.3 Å². The van der Waals surface area contributed by atoms with Gasteiger partial charge in [-0.2, -0.15) is 0 Å². The molecule has 3 nitrogen and oxygen atoms in total. The Morgan fingerprint density at radius 3 is 2.86 bits per heavy atom. The Balaban J connectivity index is 1.94. The highest BCUT2D eigenvalue weighted by molar-refractivity contribution is 7.09. The first-order chi connectivity index (χ1) is 10.2. The van der Waals surface area contributed by atoms with Crippen molar-refractivity contribution in [2.75, 3.05) is 17.7 Å². The maximum atomic E-state index is 6.05. The predicted octanol–water partition coefficient (Wildman–Crippen LogP) is 3.95. The topological polar surface area (TPSA) is 42.1 Å². The molecule has 0 fully saturated rings. The van der Waals surface area contributed by atoms with Gasteiger partial charge in [0, 0.05) is 58.9 Å². The molecular weight excluding hydrogens is 278 g/mol. The highest BCUT2D eigenvalue weighted by Gasteiger charge is 2.14. The molecule has 4 heteroatoms. The van der Waals surface area contributed by atoms with Crippen LogP contribution in [0.25, 0.3) is 10.8 Å². The van der Waals surface area contributed by atoms with Crippen molar-refractivity contribution in [3.63, 3.8) is 0 Å². The molecule has 0 saturated heterocycles. The average Bonchev–Trinajstić information content (AvgIpc) is 3.00. The van der Waals surface area contributed by atoms with E-state index in [-0.39, 0.29) is 0 Å². The van der Waals surface area contributed by atoms with Crippen LogP contribution in [0.2, 0.25) is 0 Å². The van der Waals surface area contributed by atoms with E-state index in [1.54, 1.807) is 0 Å². The fraction of sp³-hybridized carbons (Fsp3) is 0.235. The van der Waals surface area contributed by atoms with Crippen LogP contribution in [0.3, 0.4) is 0 Å². The second-order valence-corrected chi connectivity index (χ2v) is 6.37. The molecule has 1 unspecified atom stereocenters. The van der Waals surface area contributed by atoms with E-state index in [1.807, 2.05) is 35.9 Å². The fourth-order valence-corrected chi connectivity index (χ4v) is 3.42. The summed E-state index contributed by atoms with van der Waals surface area (Å²) in [5, 5.41) is 4.31. The lowest BCUT2D eigenvalue weighted by Crippen LogP contribution is -2.30. The van der Waals surface area contributed by atoms with Gasteiger partial charge < -0.3 is 10.6 Å². The van der Waals surface area contributed by atoms with Crippen LogP contribution in [0.1, 0.15) is 11.8 Å². The summed E-state index contributed by atoms with van der Waals surface area (Å²) in [6.07, 6.45) is 4.71. The maximum absolute atomic E-state index is 6.05. The lowest BCUT2D eigenvalue weighted by atomic mass is 10.1. The summed E-state index contributed by atoms with van der Waals surface area (Å²) in [4.78, 5) is 7.92. The number of nitrogens with zero attached hydrogens (tertiary/aromatic N) is 2. The number of aromatic nitrogens is 1. The minimum Gasteiger partial charge on any atom is -0.398 e. The quantitative estimate of drug-likeness (QED) is 0.742. The van der Waals surface area contributed by atoms with E-state index >= 15 is 0 Å². The van der Waals surface area contributed by atoms with Gasteiger partial charge in [0.15, 0.2) is 0 Å². The summed E-state index contributed by atoms with van der Waals surface area (Å²) in [6.45, 7) is 2.25. The van der Waals surface area contributed by atoms with Gasteiger partial charge in [-0.05, 0) is 36.6 Å². The molecular formula is C17H19N3S. The second kappa shape index (κ2) is 5.74. The molecule has 0 radical (unpaired) electrons. The van der Waals surface area contributed by atoms with Crippen LogP contribution < -0.4 is 10.6 Å². The number of anilines is 2. The van der Waals surface area contributed by atoms with E-state index in [2.05, 4.69) is 47.4 Å². The zero-order valence-corrected chi connectivity index (χ0v) is 13.1. The highest BCUT2D eigenvalue weighted by Crippen LogP contribution is 2.31. The molecule has 0 aliphatic carbocycles. The van der Waals surface area contributed by atoms with Crippen molar-refractivity contribution in [3.05, 3.63) is 53.0 Å². The first kappa shape index (κ1) is 13.9. The smallest absolute Gasteiger partial charge is 0.0448 e. The van der Waals surface area contributed by atoms with Gasteiger partial charge in [-0.3, -0.25) is 4.98 Å². The van der Waals surface area contributed by atoms with E-state index in [1.165, 1.54) is 10.6 Å². The van der Waals surface area contributed by atoms with Gasteiger partial charge in [0.2, 0.25) is 0 Å². The number of hydrogen-bond donors (Lipinski definition) is 1. The molecule has 0 aliphatic rings. The minimum atomic E-state index is 0.420. The van der Waals surface area contributed by atoms with Crippen LogP contribution in [-0.4, -0.2) is 18.1 Å². The highest BCUT2D eigenvalue weighted by atomic mass is 32.1. The number of nitrogens with two attached hydrogens (primary N) is 1. The largest absolute Gasteiger partial charge is 0.398 e. The van der Waals surface area contributed by atoms with Crippen molar-refractivity contribution < 1.29 is 0 Å². The van der Waals surface area contributed by atoms with Crippen LogP contribution in [0.4, 0.5) is 11.4 Å². The molecule has 108 valence electrons. The third kappa shape index (κ3) is 2.72. The SMILES string of the molecule is CC(Cc1cccs1)N(C)c1ccc(N)c2cnccc12. The van der Waals surface area contributed by atoms with Gasteiger partial charge in [-0.25, -0.2) is 0 Å². The Hall–Kier alpha value is -2.07. The van der Waals surface area contributed by atoms with E-state index in [0.29, 0.717) is 6.04 Å². The summed E-state index contributed by atoms with van der Waals surface area (Å²) in [7, 11) is 2.14. The molecule has 2 heterocycles. The lowest BCUT2D eigenvalue weighted by molar-refractivity contribution is 0.690. The summed E-state index contributed by atoms with van der Waals surface area (Å²) >= 11 is 1.81. The summed E-state index contributed by atoms with van der Waals surface area (Å²) in [6, 6.07) is 10.8. The first-order valence-electron chi connectivity index (χ1n) is 7.04. The molecule has 3 rings (SSSR count). The number of likely N-dealkylation sites (N-methyl/N-ethyl adjacent to an activating group) is 1. The van der Waals surface area contributed by atoms with E-state index in [0.717, 1.165) is 22.9 Å². The number of benzene rings is 1. The molecule has 0 spiro atoms. The van der Waals surface area contributed by atoms with Crippen molar-refractivity contribution in [2.45, 2.75) is 19.4 Å². The van der Waals surface area contributed by atoms with E-state index < -0.39 is 0 Å². The molecule has 0 saturated carbocycles. The Kier molecular flexibility index (Phi) is 3.80. The van der Waals surface area contributed by atoms with Gasteiger partial charge >= 0.3 is 0 Å². The number of pyridine rings is 1. The Morgan fingerprint density at radius 1 is 1.24 bits per heavy atom. The molecule has 3 aromatic rings. The summed E-state index contributed by atoms with van der Waals surface area (Å²) in [5.74, 6) is 0. The number of thiophene rings is 1. The first-order valence-corrected chi connectivity index (χ1v) is 7.92. The number of fused-ring (bicyclic) bond motifs is 1. The zero-order chi connectivity index (χ0) is 14.8. The van der Waals surface area contributed by atoms with Gasteiger partial charge in [-0.15, -0.1) is 11.3 Å². The molecule has 0 bridgehead atoms. The summed E-state index contributed by atoms with van der Waals surface area (Å²) < 4.78 is 0. The molecule has 21 heavy (non-hydrogen) atoms. The van der Waals surface area contributed by atoms with Crippen molar-refractivity contribution >= 4 is 33.5 Å². The van der Waals surface area contributed by atoms with Crippen molar-refractivity contribution in [1.82, 2.24) is 4.98 Å². The monoisotopic (exact) mass is 297 g/mol. The normalized spacial score (nSPS) is 12.5. The van der Waals surface area contributed by atoms with Crippen LogP contribution in [0.5, 0.6) is 0 Å². The van der Waals surface area contributed by atoms with Crippen molar-refractivity contribution in [2.24, 2.45) is 0 Å². The standard InChI is InChI=1S/C17H19N3S/c1-12(10-13-4-3-9-21-13)20(2)17-6-5-16(18)15-11-19-8-7-14(15)17/h3-9,11-12H,10,18H2,1-2H3. The van der Waals surface area contributed by atoms with Crippen LogP contribution in [0.15, 0.2) is 48.1 Å². The maximum Gasteiger partial charge on any atom is 0.0448 e. The average molecular weight is 297 g/mol. The van der Waals surface area contributed by atoms with Crippen molar-refractivity contribution in [3.8, 4) is 0 Å². The number of hydrogen-bond acceptors (Lipinski definition) is 4. The third-order valence-electron chi connectivity index (χ3n) is 3.95. The lowest BCUT2D eigenvalue weighted by Gasteiger charge is -2.28. The summed E-state index contributed by atoms with van der Waals surface area (Å²) in [5.41, 5.74) is 8.03. The van der Waals surface area contributed by atoms with Gasteiger partial charge in [0.25, 0.3) is 0 Å². The molecule has 0 aliphatic heterocycles. The van der Waals surface area contributed by atoms with Crippen molar-refractivity contribution in [1.29, 1.82) is 0 Å². The third-order valence-corrected chi connectivity index (χ3v) is 4.85. The Labute approximate surface area is 129 Å². The van der Waals surface area contributed by atoms with Gasteiger partial charge in [0.05, 0.1) is 0 Å². The predicted molar refractivity (Wildman–Crippen MR) is 92.0 cm³/mol. The zero-order valence-electron chi connectivity index (χ0n) is 12.3. The number of nitrogen functional groups attached to an aromatic ring is 1.